The van der Waals surface area contributed by atoms with Crippen LogP contribution in [0.1, 0.15) is 18.9 Å². The van der Waals surface area contributed by atoms with Gasteiger partial charge in [-0.05, 0) is 25.3 Å². The number of aryl methyl sites for hydroxylation is 1. The minimum atomic E-state index is -0.370. The van der Waals surface area contributed by atoms with Gasteiger partial charge >= 0.3 is 0 Å². The highest BCUT2D eigenvalue weighted by atomic mass is 32.2. The third kappa shape index (κ3) is 3.98. The van der Waals surface area contributed by atoms with Gasteiger partial charge in [0.25, 0.3) is 0 Å². The first-order chi connectivity index (χ1) is 9.18. The highest BCUT2D eigenvalue weighted by Crippen LogP contribution is 2.17. The van der Waals surface area contributed by atoms with Crippen molar-refractivity contribution < 1.29 is 4.79 Å². The van der Waals surface area contributed by atoms with Crippen LogP contribution in [0.3, 0.4) is 0 Å². The Kier molecular flexibility index (Phi) is 5.28. The van der Waals surface area contributed by atoms with Crippen LogP contribution >= 0.6 is 11.8 Å². The van der Waals surface area contributed by atoms with Crippen LogP contribution in [-0.2, 0) is 11.2 Å². The molecule has 1 saturated heterocycles. The fourth-order valence-corrected chi connectivity index (χ4v) is 3.37. The standard InChI is InChI=1S/C15H22N2OS/c1-12-11-19-10-9-17(12)15(18)14(16)8-7-13-5-3-2-4-6-13/h2-6,12,14H,7-11,16H2,1H3/t12?,14-/m0/s1. The van der Waals surface area contributed by atoms with Crippen molar-refractivity contribution in [3.05, 3.63) is 35.9 Å². The number of carbonyl (C=O) groups is 1. The molecule has 0 bridgehead atoms. The molecule has 0 saturated carbocycles. The van der Waals surface area contributed by atoms with E-state index in [9.17, 15) is 4.79 Å². The summed E-state index contributed by atoms with van der Waals surface area (Å²) in [6.45, 7) is 2.94. The third-order valence-corrected chi connectivity index (χ3v) is 4.74. The van der Waals surface area contributed by atoms with Crippen LogP contribution in [0, 0.1) is 0 Å². The van der Waals surface area contributed by atoms with Crippen molar-refractivity contribution in [1.29, 1.82) is 0 Å². The van der Waals surface area contributed by atoms with E-state index in [4.69, 9.17) is 5.73 Å². The van der Waals surface area contributed by atoms with E-state index >= 15 is 0 Å². The van der Waals surface area contributed by atoms with E-state index in [1.807, 2.05) is 34.9 Å². The molecule has 2 rings (SSSR count). The van der Waals surface area contributed by atoms with Gasteiger partial charge in [0.05, 0.1) is 6.04 Å². The number of hydrogen-bond donors (Lipinski definition) is 1. The van der Waals surface area contributed by atoms with Crippen molar-refractivity contribution in [3.8, 4) is 0 Å². The van der Waals surface area contributed by atoms with E-state index in [1.165, 1.54) is 5.56 Å². The Balaban J connectivity index is 1.85. The normalized spacial score (nSPS) is 21.2. The van der Waals surface area contributed by atoms with E-state index in [2.05, 4.69) is 19.1 Å². The second kappa shape index (κ2) is 6.96. The Labute approximate surface area is 119 Å². The lowest BCUT2D eigenvalue weighted by atomic mass is 10.0. The third-order valence-electron chi connectivity index (χ3n) is 3.55. The monoisotopic (exact) mass is 278 g/mol. The van der Waals surface area contributed by atoms with Gasteiger partial charge in [0.2, 0.25) is 5.91 Å². The van der Waals surface area contributed by atoms with E-state index in [0.717, 1.165) is 30.9 Å². The zero-order valence-electron chi connectivity index (χ0n) is 11.4. The Morgan fingerprint density at radius 1 is 1.47 bits per heavy atom. The Morgan fingerprint density at radius 2 is 2.21 bits per heavy atom. The molecule has 0 aliphatic carbocycles. The lowest BCUT2D eigenvalue weighted by Gasteiger charge is -2.34. The first-order valence-corrected chi connectivity index (χ1v) is 8.01. The Morgan fingerprint density at radius 3 is 2.89 bits per heavy atom. The predicted molar refractivity (Wildman–Crippen MR) is 81.2 cm³/mol. The summed E-state index contributed by atoms with van der Waals surface area (Å²) in [5, 5.41) is 0. The molecule has 19 heavy (non-hydrogen) atoms. The maximum Gasteiger partial charge on any atom is 0.239 e. The summed E-state index contributed by atoms with van der Waals surface area (Å²) in [5.74, 6) is 2.17. The van der Waals surface area contributed by atoms with Gasteiger partial charge in [0, 0.05) is 24.1 Å². The van der Waals surface area contributed by atoms with Gasteiger partial charge in [-0.15, -0.1) is 0 Å². The molecule has 0 spiro atoms. The number of carbonyl (C=O) groups excluding carboxylic acids is 1. The Hall–Kier alpha value is -1.00. The van der Waals surface area contributed by atoms with Crippen LogP contribution < -0.4 is 5.73 Å². The van der Waals surface area contributed by atoms with Crippen LogP contribution in [0.15, 0.2) is 30.3 Å². The maximum atomic E-state index is 12.3. The Bertz CT molecular complexity index is 410. The van der Waals surface area contributed by atoms with Crippen LogP contribution in [-0.4, -0.2) is 40.9 Å². The molecule has 104 valence electrons. The summed E-state index contributed by atoms with van der Waals surface area (Å²) in [5.41, 5.74) is 7.30. The molecule has 3 nitrogen and oxygen atoms in total. The van der Waals surface area contributed by atoms with Gasteiger partial charge in [0.15, 0.2) is 0 Å². The van der Waals surface area contributed by atoms with E-state index in [1.54, 1.807) is 0 Å². The summed E-state index contributed by atoms with van der Waals surface area (Å²) < 4.78 is 0. The number of thioether (sulfide) groups is 1. The molecule has 2 N–H and O–H groups in total. The number of benzene rings is 1. The molecule has 4 heteroatoms. The zero-order valence-corrected chi connectivity index (χ0v) is 12.2. The molecule has 1 aliphatic heterocycles. The largest absolute Gasteiger partial charge is 0.337 e. The van der Waals surface area contributed by atoms with Crippen LogP contribution in [0.2, 0.25) is 0 Å². The number of nitrogens with zero attached hydrogens (tertiary/aromatic N) is 1. The number of rotatable bonds is 4. The molecular weight excluding hydrogens is 256 g/mol. The summed E-state index contributed by atoms with van der Waals surface area (Å²) in [6, 6.07) is 10.1. The lowest BCUT2D eigenvalue weighted by Crippen LogP contribution is -2.51. The molecule has 2 atom stereocenters. The van der Waals surface area contributed by atoms with Crippen molar-refractivity contribution in [2.45, 2.75) is 31.8 Å². The van der Waals surface area contributed by atoms with Gasteiger partial charge in [-0.25, -0.2) is 0 Å². The highest BCUT2D eigenvalue weighted by Gasteiger charge is 2.27. The maximum absolute atomic E-state index is 12.3. The van der Waals surface area contributed by atoms with Gasteiger partial charge < -0.3 is 10.6 Å². The first-order valence-electron chi connectivity index (χ1n) is 6.86. The van der Waals surface area contributed by atoms with Crippen molar-refractivity contribution in [1.82, 2.24) is 4.90 Å². The van der Waals surface area contributed by atoms with Crippen LogP contribution in [0.25, 0.3) is 0 Å². The molecule has 0 aromatic heterocycles. The minimum Gasteiger partial charge on any atom is -0.337 e. The summed E-state index contributed by atoms with van der Waals surface area (Å²) >= 11 is 1.91. The molecule has 1 unspecified atom stereocenters. The van der Waals surface area contributed by atoms with Crippen molar-refractivity contribution in [3.63, 3.8) is 0 Å². The summed E-state index contributed by atoms with van der Waals surface area (Å²) in [4.78, 5) is 14.3. The van der Waals surface area contributed by atoms with Crippen LogP contribution in [0.4, 0.5) is 0 Å². The molecule has 1 heterocycles. The SMILES string of the molecule is CC1CSCCN1C(=O)[C@@H](N)CCc1ccccc1. The molecule has 1 amide bonds. The zero-order chi connectivity index (χ0) is 13.7. The number of hydrogen-bond acceptors (Lipinski definition) is 3. The van der Waals surface area contributed by atoms with Gasteiger partial charge in [-0.2, -0.15) is 11.8 Å². The van der Waals surface area contributed by atoms with Crippen molar-refractivity contribution >= 4 is 17.7 Å². The van der Waals surface area contributed by atoms with Gasteiger partial charge in [-0.3, -0.25) is 4.79 Å². The first kappa shape index (κ1) is 14.4. The molecule has 1 fully saturated rings. The van der Waals surface area contributed by atoms with E-state index in [-0.39, 0.29) is 11.9 Å². The van der Waals surface area contributed by atoms with Crippen LogP contribution in [0.5, 0.6) is 0 Å². The fourth-order valence-electron chi connectivity index (χ4n) is 2.36. The van der Waals surface area contributed by atoms with Crippen molar-refractivity contribution in [2.24, 2.45) is 5.73 Å². The number of nitrogens with two attached hydrogens (primary N) is 1. The molecule has 0 radical (unpaired) electrons. The number of amides is 1. The average Bonchev–Trinajstić information content (AvgIpc) is 2.45. The fraction of sp³-hybridized carbons (Fsp3) is 0.533. The van der Waals surface area contributed by atoms with E-state index in [0.29, 0.717) is 6.04 Å². The second-order valence-corrected chi connectivity index (χ2v) is 6.24. The molecule has 1 aliphatic rings. The topological polar surface area (TPSA) is 46.3 Å². The minimum absolute atomic E-state index is 0.115. The molecule has 1 aromatic rings. The molecular formula is C15H22N2OS. The predicted octanol–water partition coefficient (Wildman–Crippen LogP) is 1.91. The second-order valence-electron chi connectivity index (χ2n) is 5.09. The molecule has 1 aromatic carbocycles. The highest BCUT2D eigenvalue weighted by molar-refractivity contribution is 7.99. The van der Waals surface area contributed by atoms with Gasteiger partial charge in [0.1, 0.15) is 0 Å². The smallest absolute Gasteiger partial charge is 0.239 e. The quantitative estimate of drug-likeness (QED) is 0.915. The van der Waals surface area contributed by atoms with E-state index < -0.39 is 0 Å². The average molecular weight is 278 g/mol. The summed E-state index contributed by atoms with van der Waals surface area (Å²) in [6.07, 6.45) is 1.59. The van der Waals surface area contributed by atoms with Gasteiger partial charge in [-0.1, -0.05) is 30.3 Å². The lowest BCUT2D eigenvalue weighted by molar-refractivity contribution is -0.134. The summed E-state index contributed by atoms with van der Waals surface area (Å²) in [7, 11) is 0. The van der Waals surface area contributed by atoms with Crippen molar-refractivity contribution in [2.75, 3.05) is 18.1 Å².